The van der Waals surface area contributed by atoms with Crippen molar-refractivity contribution in [2.45, 2.75) is 19.1 Å². The largest absolute Gasteiger partial charge is 0.293 e. The molecule has 0 aliphatic rings. The SMILES string of the molecule is Cc1cc(-c2ccccc2)cc(C(=O)CNS(=O)(=O)C(C)c2ccccc2)c1F. The molecule has 0 aromatic heterocycles. The van der Waals surface area contributed by atoms with Gasteiger partial charge in [0.15, 0.2) is 5.78 Å². The van der Waals surface area contributed by atoms with Crippen LogP contribution in [0.3, 0.4) is 0 Å². The number of nitrogens with one attached hydrogen (secondary N) is 1. The van der Waals surface area contributed by atoms with Gasteiger partial charge in [0.25, 0.3) is 0 Å². The maximum Gasteiger partial charge on any atom is 0.218 e. The Hall–Kier alpha value is -2.83. The van der Waals surface area contributed by atoms with Gasteiger partial charge in [-0.15, -0.1) is 0 Å². The lowest BCUT2D eigenvalue weighted by Gasteiger charge is -2.15. The lowest BCUT2D eigenvalue weighted by Crippen LogP contribution is -2.33. The Balaban J connectivity index is 1.81. The molecule has 150 valence electrons. The number of rotatable bonds is 7. The number of aryl methyl sites for hydroxylation is 1. The summed E-state index contributed by atoms with van der Waals surface area (Å²) in [5.41, 5.74) is 2.37. The molecule has 0 heterocycles. The van der Waals surface area contributed by atoms with Crippen molar-refractivity contribution in [2.75, 3.05) is 6.54 Å². The van der Waals surface area contributed by atoms with Crippen LogP contribution in [-0.4, -0.2) is 20.7 Å². The maximum atomic E-state index is 14.6. The summed E-state index contributed by atoms with van der Waals surface area (Å²) < 4.78 is 42.0. The second-order valence-electron chi connectivity index (χ2n) is 6.86. The van der Waals surface area contributed by atoms with E-state index in [0.717, 1.165) is 5.56 Å². The monoisotopic (exact) mass is 411 g/mol. The van der Waals surface area contributed by atoms with Crippen LogP contribution in [0, 0.1) is 12.7 Å². The zero-order valence-corrected chi connectivity index (χ0v) is 17.0. The standard InChI is InChI=1S/C23H22FNO3S/c1-16-13-20(19-11-7-4-8-12-19)14-21(23(16)24)22(26)15-25-29(27,28)17(2)18-9-5-3-6-10-18/h3-14,17,25H,15H2,1-2H3. The first-order chi connectivity index (χ1) is 13.8. The minimum Gasteiger partial charge on any atom is -0.293 e. The zero-order valence-electron chi connectivity index (χ0n) is 16.2. The summed E-state index contributed by atoms with van der Waals surface area (Å²) in [6.07, 6.45) is 0. The van der Waals surface area contributed by atoms with Crippen molar-refractivity contribution in [1.29, 1.82) is 0 Å². The van der Waals surface area contributed by atoms with Crippen LogP contribution in [0.4, 0.5) is 4.39 Å². The Labute approximate surface area is 170 Å². The molecular weight excluding hydrogens is 389 g/mol. The van der Waals surface area contributed by atoms with Gasteiger partial charge in [0.05, 0.1) is 17.4 Å². The molecule has 0 aliphatic carbocycles. The maximum absolute atomic E-state index is 14.6. The molecule has 0 radical (unpaired) electrons. The Kier molecular flexibility index (Phi) is 6.25. The van der Waals surface area contributed by atoms with E-state index in [1.165, 1.54) is 6.07 Å². The van der Waals surface area contributed by atoms with E-state index in [1.54, 1.807) is 50.2 Å². The summed E-state index contributed by atoms with van der Waals surface area (Å²) in [5.74, 6) is -1.25. The third-order valence-corrected chi connectivity index (χ3v) is 6.58. The first kappa shape index (κ1) is 20.9. The van der Waals surface area contributed by atoms with E-state index in [1.807, 2.05) is 30.3 Å². The Morgan fingerprint density at radius 1 is 0.966 bits per heavy atom. The fourth-order valence-electron chi connectivity index (χ4n) is 3.06. The molecule has 6 heteroatoms. The average Bonchev–Trinajstić information content (AvgIpc) is 2.74. The van der Waals surface area contributed by atoms with E-state index in [0.29, 0.717) is 16.7 Å². The molecule has 3 aromatic rings. The predicted octanol–water partition coefficient (Wildman–Crippen LogP) is 4.66. The summed E-state index contributed by atoms with van der Waals surface area (Å²) in [7, 11) is -3.79. The van der Waals surface area contributed by atoms with Crippen LogP contribution < -0.4 is 4.72 Å². The lowest BCUT2D eigenvalue weighted by molar-refractivity contribution is 0.0993. The summed E-state index contributed by atoms with van der Waals surface area (Å²) in [6, 6.07) is 21.2. The van der Waals surface area contributed by atoms with Crippen molar-refractivity contribution in [1.82, 2.24) is 4.72 Å². The van der Waals surface area contributed by atoms with Crippen LogP contribution in [0.2, 0.25) is 0 Å². The molecule has 3 rings (SSSR count). The van der Waals surface area contributed by atoms with Crippen molar-refractivity contribution < 1.29 is 17.6 Å². The van der Waals surface area contributed by atoms with E-state index in [2.05, 4.69) is 4.72 Å². The van der Waals surface area contributed by atoms with Gasteiger partial charge in [0, 0.05) is 0 Å². The normalized spacial score (nSPS) is 12.5. The molecular formula is C23H22FNO3S. The summed E-state index contributed by atoms with van der Waals surface area (Å²) in [6.45, 7) is 2.62. The highest BCUT2D eigenvalue weighted by Gasteiger charge is 2.24. The van der Waals surface area contributed by atoms with Crippen molar-refractivity contribution in [3.8, 4) is 11.1 Å². The van der Waals surface area contributed by atoms with Gasteiger partial charge in [-0.25, -0.2) is 17.5 Å². The van der Waals surface area contributed by atoms with Gasteiger partial charge < -0.3 is 0 Å². The second kappa shape index (κ2) is 8.68. The van der Waals surface area contributed by atoms with E-state index < -0.39 is 33.4 Å². The second-order valence-corrected chi connectivity index (χ2v) is 8.95. The molecule has 0 saturated heterocycles. The predicted molar refractivity (Wildman–Crippen MR) is 113 cm³/mol. The average molecular weight is 411 g/mol. The Morgan fingerprint density at radius 3 is 2.17 bits per heavy atom. The molecule has 0 bridgehead atoms. The van der Waals surface area contributed by atoms with Gasteiger partial charge in [0.2, 0.25) is 10.0 Å². The lowest BCUT2D eigenvalue weighted by atomic mass is 9.98. The third-order valence-electron chi connectivity index (χ3n) is 4.83. The number of ketones is 1. The third kappa shape index (κ3) is 4.78. The fraction of sp³-hybridized carbons (Fsp3) is 0.174. The molecule has 1 atom stereocenters. The summed E-state index contributed by atoms with van der Waals surface area (Å²) in [4.78, 5) is 12.6. The van der Waals surface area contributed by atoms with Gasteiger partial charge in [-0.2, -0.15) is 0 Å². The highest BCUT2D eigenvalue weighted by atomic mass is 32.2. The molecule has 0 aliphatic heterocycles. The number of carbonyl (C=O) groups excluding carboxylic acids is 1. The van der Waals surface area contributed by atoms with Crippen molar-refractivity contribution in [3.05, 3.63) is 95.3 Å². The first-order valence-electron chi connectivity index (χ1n) is 9.22. The van der Waals surface area contributed by atoms with E-state index in [4.69, 9.17) is 0 Å². The van der Waals surface area contributed by atoms with Crippen LogP contribution in [0.1, 0.15) is 33.7 Å². The molecule has 0 spiro atoms. The van der Waals surface area contributed by atoms with Gasteiger partial charge in [-0.3, -0.25) is 4.79 Å². The van der Waals surface area contributed by atoms with E-state index >= 15 is 0 Å². The molecule has 4 nitrogen and oxygen atoms in total. The zero-order chi connectivity index (χ0) is 21.0. The number of Topliss-reactive ketones (excluding diaryl/α,β-unsaturated/α-hetero) is 1. The molecule has 1 unspecified atom stereocenters. The number of hydrogen-bond acceptors (Lipinski definition) is 3. The van der Waals surface area contributed by atoms with Crippen LogP contribution >= 0.6 is 0 Å². The van der Waals surface area contributed by atoms with Gasteiger partial charge in [-0.1, -0.05) is 60.7 Å². The highest BCUT2D eigenvalue weighted by Crippen LogP contribution is 2.25. The molecule has 29 heavy (non-hydrogen) atoms. The quantitative estimate of drug-likeness (QED) is 0.575. The van der Waals surface area contributed by atoms with Crippen LogP contribution in [0.25, 0.3) is 11.1 Å². The first-order valence-corrected chi connectivity index (χ1v) is 10.8. The minimum absolute atomic E-state index is 0.126. The number of sulfonamides is 1. The van der Waals surface area contributed by atoms with Crippen molar-refractivity contribution in [3.63, 3.8) is 0 Å². The van der Waals surface area contributed by atoms with Gasteiger partial charge >= 0.3 is 0 Å². The van der Waals surface area contributed by atoms with Crippen LogP contribution in [0.15, 0.2) is 72.8 Å². The fourth-order valence-corrected chi connectivity index (χ4v) is 4.16. The smallest absolute Gasteiger partial charge is 0.218 e. The van der Waals surface area contributed by atoms with Crippen LogP contribution in [-0.2, 0) is 10.0 Å². The van der Waals surface area contributed by atoms with Crippen molar-refractivity contribution >= 4 is 15.8 Å². The molecule has 3 aromatic carbocycles. The number of hydrogen-bond donors (Lipinski definition) is 1. The topological polar surface area (TPSA) is 63.2 Å². The number of halogens is 1. The molecule has 0 fully saturated rings. The number of carbonyl (C=O) groups is 1. The summed E-state index contributed by atoms with van der Waals surface area (Å²) in [5, 5.41) is -0.835. The van der Waals surface area contributed by atoms with E-state index in [-0.39, 0.29) is 5.56 Å². The Bertz CT molecular complexity index is 1110. The van der Waals surface area contributed by atoms with Crippen molar-refractivity contribution in [2.24, 2.45) is 0 Å². The molecule has 1 N–H and O–H groups in total. The van der Waals surface area contributed by atoms with Gasteiger partial charge in [-0.05, 0) is 48.2 Å². The highest BCUT2D eigenvalue weighted by molar-refractivity contribution is 7.89. The Morgan fingerprint density at radius 2 is 1.55 bits per heavy atom. The number of benzene rings is 3. The van der Waals surface area contributed by atoms with E-state index in [9.17, 15) is 17.6 Å². The molecule has 0 amide bonds. The van der Waals surface area contributed by atoms with Gasteiger partial charge in [0.1, 0.15) is 5.82 Å². The summed E-state index contributed by atoms with van der Waals surface area (Å²) >= 11 is 0. The minimum atomic E-state index is -3.79. The van der Waals surface area contributed by atoms with Crippen LogP contribution in [0.5, 0.6) is 0 Å². The molecule has 0 saturated carbocycles.